The number of aromatic nitrogens is 4. The molecule has 2 aromatic carbocycles. The fourth-order valence-corrected chi connectivity index (χ4v) is 4.80. The van der Waals surface area contributed by atoms with Gasteiger partial charge in [-0.1, -0.05) is 41.4 Å². The highest BCUT2D eigenvalue weighted by atomic mass is 35.5. The van der Waals surface area contributed by atoms with Gasteiger partial charge in [0, 0.05) is 31.9 Å². The molecule has 1 aliphatic rings. The second-order valence-corrected chi connectivity index (χ2v) is 9.49. The first-order valence-electron chi connectivity index (χ1n) is 11.6. The average Bonchev–Trinajstić information content (AvgIpc) is 3.21. The number of imidazole rings is 1. The molecule has 1 saturated heterocycles. The van der Waals surface area contributed by atoms with Crippen LogP contribution >= 0.6 is 23.2 Å². The van der Waals surface area contributed by atoms with Crippen LogP contribution in [-0.2, 0) is 7.05 Å². The lowest BCUT2D eigenvalue weighted by Gasteiger charge is -2.33. The summed E-state index contributed by atoms with van der Waals surface area (Å²) in [6.45, 7) is 1.22. The first-order chi connectivity index (χ1) is 17.9. The molecule has 0 radical (unpaired) electrons. The van der Waals surface area contributed by atoms with Crippen LogP contribution in [-0.4, -0.2) is 49.6 Å². The van der Waals surface area contributed by atoms with Gasteiger partial charge in [0.15, 0.2) is 5.65 Å². The molecule has 0 bridgehead atoms. The number of urea groups is 1. The number of para-hydroxylation sites is 1. The minimum Gasteiger partial charge on any atom is -0.350 e. The molecule has 3 N–H and O–H groups in total. The first kappa shape index (κ1) is 24.6. The first-order valence-corrected chi connectivity index (χ1v) is 12.4. The predicted octanol–water partition coefficient (Wildman–Crippen LogP) is 5.39. The summed E-state index contributed by atoms with van der Waals surface area (Å²) in [5.41, 5.74) is 2.77. The van der Waals surface area contributed by atoms with Gasteiger partial charge in [0.25, 0.3) is 0 Å². The van der Waals surface area contributed by atoms with Crippen molar-refractivity contribution in [1.82, 2.24) is 24.4 Å². The number of carbonyl (C=O) groups is 1. The van der Waals surface area contributed by atoms with Gasteiger partial charge >= 0.3 is 6.03 Å². The van der Waals surface area contributed by atoms with Crippen LogP contribution in [0.2, 0.25) is 10.0 Å². The van der Waals surface area contributed by atoms with Crippen LogP contribution in [0.4, 0.5) is 28.1 Å². The molecule has 0 spiro atoms. The van der Waals surface area contributed by atoms with Crippen molar-refractivity contribution < 1.29 is 4.79 Å². The summed E-state index contributed by atoms with van der Waals surface area (Å²) in [5, 5.41) is 19.1. The third-order valence-corrected chi connectivity index (χ3v) is 6.68. The third-order valence-electron chi connectivity index (χ3n) is 6.09. The van der Waals surface area contributed by atoms with Gasteiger partial charge < -0.3 is 20.9 Å². The fraction of sp³-hybridized carbons (Fsp3) is 0.240. The van der Waals surface area contributed by atoms with E-state index in [0.717, 1.165) is 18.5 Å². The smallest absolute Gasteiger partial charge is 0.321 e. The van der Waals surface area contributed by atoms with Crippen molar-refractivity contribution in [1.29, 1.82) is 5.26 Å². The maximum Gasteiger partial charge on any atom is 0.321 e. The monoisotopic (exact) mass is 535 g/mol. The molecule has 5 rings (SSSR count). The van der Waals surface area contributed by atoms with Gasteiger partial charge in [-0.25, -0.2) is 14.8 Å². The number of aryl methyl sites for hydroxylation is 1. The normalized spacial score (nSPS) is 15.3. The number of benzene rings is 2. The molecule has 37 heavy (non-hydrogen) atoms. The highest BCUT2D eigenvalue weighted by Crippen LogP contribution is 2.34. The number of rotatable bonds is 5. The van der Waals surface area contributed by atoms with Gasteiger partial charge in [-0.2, -0.15) is 10.2 Å². The zero-order valence-corrected chi connectivity index (χ0v) is 21.4. The molecule has 1 aliphatic heterocycles. The largest absolute Gasteiger partial charge is 0.350 e. The molecule has 2 aromatic heterocycles. The van der Waals surface area contributed by atoms with E-state index in [1.165, 1.54) is 12.1 Å². The zero-order chi connectivity index (χ0) is 25.9. The number of piperidine rings is 1. The summed E-state index contributed by atoms with van der Waals surface area (Å²) < 4.78 is 1.77. The highest BCUT2D eigenvalue weighted by Gasteiger charge is 2.24. The number of nitriles is 1. The van der Waals surface area contributed by atoms with Crippen molar-refractivity contribution in [3.8, 4) is 6.07 Å². The van der Waals surface area contributed by atoms with Crippen LogP contribution in [0.1, 0.15) is 18.4 Å². The van der Waals surface area contributed by atoms with Gasteiger partial charge in [0.1, 0.15) is 5.52 Å². The average molecular weight is 536 g/mol. The number of fused-ring (bicyclic) bond motifs is 1. The molecule has 0 unspecified atom stereocenters. The number of nitrogens with zero attached hydrogens (tertiary/aromatic N) is 6. The molecular weight excluding hydrogens is 513 g/mol. The third kappa shape index (κ3) is 5.38. The lowest BCUT2D eigenvalue weighted by Crippen LogP contribution is -2.47. The minimum atomic E-state index is -0.128. The topological polar surface area (TPSA) is 124 Å². The molecule has 0 saturated carbocycles. The summed E-state index contributed by atoms with van der Waals surface area (Å²) >= 11 is 12.6. The van der Waals surface area contributed by atoms with Crippen molar-refractivity contribution >= 4 is 63.7 Å². The van der Waals surface area contributed by atoms with Crippen molar-refractivity contribution in [3.63, 3.8) is 0 Å². The Labute approximate surface area is 223 Å². The molecule has 2 amide bonds. The Balaban J connectivity index is 1.29. The molecule has 10 nitrogen and oxygen atoms in total. The van der Waals surface area contributed by atoms with Gasteiger partial charge in [-0.05, 0) is 37.1 Å². The standard InChI is InChI=1S/C25H23Cl2N9O/c1-35-22-20(32-24(35)33-21-18(26)10-15(12-28)11-19(21)27)13-29-23(34-22)30-17-8-5-9-36(14-17)25(37)31-16-6-3-2-4-7-16/h2-4,6-7,10-11,13,17H,5,8-9,14H2,1H3,(H,31,37)(H,32,33)(H,29,30,34)/t17-/m1/s1. The van der Waals surface area contributed by atoms with E-state index in [9.17, 15) is 4.79 Å². The lowest BCUT2D eigenvalue weighted by atomic mass is 10.1. The Bertz CT molecular complexity index is 1480. The van der Waals surface area contributed by atoms with Crippen molar-refractivity contribution in [2.75, 3.05) is 29.0 Å². The number of likely N-dealkylation sites (tertiary alicyclic amines) is 1. The van der Waals surface area contributed by atoms with Crippen LogP contribution in [0, 0.1) is 11.3 Å². The van der Waals surface area contributed by atoms with Crippen LogP contribution in [0.5, 0.6) is 0 Å². The molecule has 1 fully saturated rings. The van der Waals surface area contributed by atoms with Crippen molar-refractivity contribution in [2.24, 2.45) is 7.05 Å². The van der Waals surface area contributed by atoms with Gasteiger partial charge in [-0.15, -0.1) is 0 Å². The van der Waals surface area contributed by atoms with Gasteiger partial charge in [0.05, 0.1) is 33.6 Å². The van der Waals surface area contributed by atoms with Gasteiger partial charge in [-0.3, -0.25) is 4.57 Å². The van der Waals surface area contributed by atoms with E-state index in [1.807, 2.05) is 43.4 Å². The van der Waals surface area contributed by atoms with E-state index in [-0.39, 0.29) is 12.1 Å². The number of hydrogen-bond acceptors (Lipinski definition) is 7. The van der Waals surface area contributed by atoms with E-state index in [0.29, 0.717) is 57.4 Å². The second kappa shape index (κ2) is 10.5. The highest BCUT2D eigenvalue weighted by molar-refractivity contribution is 6.39. The van der Waals surface area contributed by atoms with Crippen molar-refractivity contribution in [3.05, 3.63) is 64.3 Å². The summed E-state index contributed by atoms with van der Waals surface area (Å²) in [6.07, 6.45) is 3.40. The zero-order valence-electron chi connectivity index (χ0n) is 19.9. The Morgan fingerprint density at radius 3 is 2.65 bits per heavy atom. The van der Waals surface area contributed by atoms with E-state index >= 15 is 0 Å². The summed E-state index contributed by atoms with van der Waals surface area (Å²) in [7, 11) is 1.82. The van der Waals surface area contributed by atoms with Crippen molar-refractivity contribution in [2.45, 2.75) is 18.9 Å². The molecule has 4 aromatic rings. The fourth-order valence-electron chi connectivity index (χ4n) is 4.22. The quantitative estimate of drug-likeness (QED) is 0.312. The maximum atomic E-state index is 12.7. The number of amides is 2. The Kier molecular flexibility index (Phi) is 6.99. The number of halogens is 2. The molecular formula is C25H23Cl2N9O. The number of hydrogen-bond donors (Lipinski definition) is 3. The molecule has 0 aliphatic carbocycles. The predicted molar refractivity (Wildman–Crippen MR) is 144 cm³/mol. The van der Waals surface area contributed by atoms with E-state index in [2.05, 4.69) is 30.9 Å². The van der Waals surface area contributed by atoms with E-state index in [1.54, 1.807) is 15.7 Å². The number of carbonyl (C=O) groups excluding carboxylic acids is 1. The Morgan fingerprint density at radius 1 is 1.16 bits per heavy atom. The summed E-state index contributed by atoms with van der Waals surface area (Å²) in [5.74, 6) is 0.920. The molecule has 3 heterocycles. The van der Waals surface area contributed by atoms with Crippen LogP contribution in [0.25, 0.3) is 11.2 Å². The molecule has 12 heteroatoms. The minimum absolute atomic E-state index is 0.00908. The molecule has 188 valence electrons. The van der Waals surface area contributed by atoms with Crippen LogP contribution < -0.4 is 16.0 Å². The van der Waals surface area contributed by atoms with E-state index in [4.69, 9.17) is 28.5 Å². The lowest BCUT2D eigenvalue weighted by molar-refractivity contribution is 0.196. The maximum absolute atomic E-state index is 12.7. The van der Waals surface area contributed by atoms with E-state index < -0.39 is 0 Å². The molecule has 1 atom stereocenters. The second-order valence-electron chi connectivity index (χ2n) is 8.67. The Hall–Kier alpha value is -4.07. The van der Waals surface area contributed by atoms with Crippen LogP contribution in [0.3, 0.4) is 0 Å². The number of nitrogens with one attached hydrogen (secondary N) is 3. The summed E-state index contributed by atoms with van der Waals surface area (Å²) in [6, 6.07) is 14.4. The van der Waals surface area contributed by atoms with Gasteiger partial charge in [0.2, 0.25) is 11.9 Å². The Morgan fingerprint density at radius 2 is 1.92 bits per heavy atom. The summed E-state index contributed by atoms with van der Waals surface area (Å²) in [4.78, 5) is 28.1. The van der Waals surface area contributed by atoms with Crippen LogP contribution in [0.15, 0.2) is 48.7 Å². The number of anilines is 4. The SMILES string of the molecule is Cn1c(Nc2c(Cl)cc(C#N)cc2Cl)nc2cnc(N[C@@H]3CCCN(C(=O)Nc4ccccc4)C3)nc21.